The second-order valence-corrected chi connectivity index (χ2v) is 6.78. The predicted octanol–water partition coefficient (Wildman–Crippen LogP) is 4.26. The quantitative estimate of drug-likeness (QED) is 0.807. The predicted molar refractivity (Wildman–Crippen MR) is 100 cm³/mol. The van der Waals surface area contributed by atoms with Gasteiger partial charge in [0.05, 0.1) is 5.69 Å². The lowest BCUT2D eigenvalue weighted by atomic mass is 10.0. The van der Waals surface area contributed by atoms with Gasteiger partial charge in [0.2, 0.25) is 0 Å². The molecule has 1 unspecified atom stereocenters. The normalized spacial score (nSPS) is 18.5. The Labute approximate surface area is 145 Å². The van der Waals surface area contributed by atoms with Crippen molar-refractivity contribution in [3.8, 4) is 5.75 Å². The third-order valence-electron chi connectivity index (χ3n) is 4.94. The van der Waals surface area contributed by atoms with Crippen LogP contribution in [0.4, 0.5) is 5.69 Å². The van der Waals surface area contributed by atoms with Gasteiger partial charge in [-0.05, 0) is 56.0 Å². The lowest BCUT2D eigenvalue weighted by molar-refractivity contribution is 0.163. The Morgan fingerprint density at radius 2 is 1.92 bits per heavy atom. The Hall–Kier alpha value is -2.00. The van der Waals surface area contributed by atoms with Gasteiger partial charge in [0.25, 0.3) is 0 Å². The Balaban J connectivity index is 1.54. The van der Waals surface area contributed by atoms with E-state index in [2.05, 4.69) is 36.1 Å². The van der Waals surface area contributed by atoms with Crippen LogP contribution in [0.1, 0.15) is 37.3 Å². The number of hydrogen-bond donors (Lipinski definition) is 1. The first-order valence-corrected chi connectivity index (χ1v) is 9.01. The lowest BCUT2D eigenvalue weighted by Crippen LogP contribution is -2.38. The van der Waals surface area contributed by atoms with Crippen LogP contribution in [0.2, 0.25) is 0 Å². The van der Waals surface area contributed by atoms with Crippen LogP contribution in [0.15, 0.2) is 48.5 Å². The summed E-state index contributed by atoms with van der Waals surface area (Å²) in [6, 6.07) is 17.1. The van der Waals surface area contributed by atoms with Crippen LogP contribution >= 0.6 is 0 Å². The summed E-state index contributed by atoms with van der Waals surface area (Å²) in [7, 11) is 0. The lowest BCUT2D eigenvalue weighted by Gasteiger charge is -2.33. The van der Waals surface area contributed by atoms with E-state index in [1.165, 1.54) is 31.4 Å². The van der Waals surface area contributed by atoms with E-state index < -0.39 is 0 Å². The van der Waals surface area contributed by atoms with Gasteiger partial charge in [-0.1, -0.05) is 42.8 Å². The van der Waals surface area contributed by atoms with E-state index in [9.17, 15) is 0 Å². The zero-order chi connectivity index (χ0) is 16.8. The maximum Gasteiger partial charge on any atom is 0.142 e. The van der Waals surface area contributed by atoms with E-state index in [0.29, 0.717) is 12.6 Å². The molecule has 1 heterocycles. The highest BCUT2D eigenvalue weighted by Crippen LogP contribution is 2.24. The second kappa shape index (κ2) is 8.20. The molecule has 3 nitrogen and oxygen atoms in total. The van der Waals surface area contributed by atoms with Crippen molar-refractivity contribution in [2.24, 2.45) is 0 Å². The monoisotopic (exact) mass is 324 g/mol. The summed E-state index contributed by atoms with van der Waals surface area (Å²) in [5, 5.41) is 0. The molecule has 0 bridgehead atoms. The fraction of sp³-hybridized carbons (Fsp3) is 0.429. The summed E-state index contributed by atoms with van der Waals surface area (Å²) < 4.78 is 5.85. The summed E-state index contributed by atoms with van der Waals surface area (Å²) in [6.45, 7) is 5.24. The molecular formula is C21H28N2O. The first-order valence-electron chi connectivity index (χ1n) is 9.01. The second-order valence-electron chi connectivity index (χ2n) is 6.78. The van der Waals surface area contributed by atoms with Crippen LogP contribution in [0.25, 0.3) is 0 Å². The molecule has 2 aromatic rings. The molecule has 0 aliphatic carbocycles. The van der Waals surface area contributed by atoms with Gasteiger partial charge in [-0.3, -0.25) is 0 Å². The SMILES string of the molecule is CC1CCCCN1CCc1ccc(OCc2ccccc2)c(N)c1. The van der Waals surface area contributed by atoms with Gasteiger partial charge in [0.15, 0.2) is 0 Å². The fourth-order valence-electron chi connectivity index (χ4n) is 3.38. The van der Waals surface area contributed by atoms with Crippen LogP contribution in [-0.4, -0.2) is 24.0 Å². The zero-order valence-electron chi connectivity index (χ0n) is 14.6. The summed E-state index contributed by atoms with van der Waals surface area (Å²) in [5.74, 6) is 0.772. The van der Waals surface area contributed by atoms with Gasteiger partial charge < -0.3 is 15.4 Å². The first-order chi connectivity index (χ1) is 11.7. The minimum Gasteiger partial charge on any atom is -0.487 e. The Morgan fingerprint density at radius 1 is 1.08 bits per heavy atom. The number of hydrogen-bond acceptors (Lipinski definition) is 3. The van der Waals surface area contributed by atoms with Crippen molar-refractivity contribution >= 4 is 5.69 Å². The number of piperidine rings is 1. The molecule has 1 saturated heterocycles. The number of likely N-dealkylation sites (tertiary alicyclic amines) is 1. The molecule has 0 saturated carbocycles. The Morgan fingerprint density at radius 3 is 2.67 bits per heavy atom. The van der Waals surface area contributed by atoms with Crippen molar-refractivity contribution in [3.05, 3.63) is 59.7 Å². The summed E-state index contributed by atoms with van der Waals surface area (Å²) in [4.78, 5) is 2.60. The van der Waals surface area contributed by atoms with Crippen LogP contribution in [0, 0.1) is 0 Å². The molecule has 1 atom stereocenters. The number of nitrogens with zero attached hydrogens (tertiary/aromatic N) is 1. The maximum absolute atomic E-state index is 6.18. The van der Waals surface area contributed by atoms with E-state index in [4.69, 9.17) is 10.5 Å². The highest BCUT2D eigenvalue weighted by molar-refractivity contribution is 5.54. The van der Waals surface area contributed by atoms with Crippen molar-refractivity contribution in [2.75, 3.05) is 18.8 Å². The smallest absolute Gasteiger partial charge is 0.142 e. The van der Waals surface area contributed by atoms with Gasteiger partial charge >= 0.3 is 0 Å². The number of nitrogens with two attached hydrogens (primary N) is 1. The van der Waals surface area contributed by atoms with Gasteiger partial charge in [-0.2, -0.15) is 0 Å². The molecule has 2 N–H and O–H groups in total. The van der Waals surface area contributed by atoms with Crippen LogP contribution < -0.4 is 10.5 Å². The van der Waals surface area contributed by atoms with Gasteiger partial charge in [-0.15, -0.1) is 0 Å². The molecule has 0 radical (unpaired) electrons. The average Bonchev–Trinajstić information content (AvgIpc) is 2.61. The number of ether oxygens (including phenoxy) is 1. The molecule has 1 fully saturated rings. The topological polar surface area (TPSA) is 38.5 Å². The van der Waals surface area contributed by atoms with Crippen molar-refractivity contribution in [2.45, 2.75) is 45.3 Å². The van der Waals surface area contributed by atoms with Crippen LogP contribution in [0.3, 0.4) is 0 Å². The minimum atomic E-state index is 0.551. The highest BCUT2D eigenvalue weighted by Gasteiger charge is 2.17. The van der Waals surface area contributed by atoms with Gasteiger partial charge in [0, 0.05) is 12.6 Å². The zero-order valence-corrected chi connectivity index (χ0v) is 14.6. The number of nitrogen functional groups attached to an aromatic ring is 1. The van der Waals surface area contributed by atoms with Crippen molar-refractivity contribution in [3.63, 3.8) is 0 Å². The number of benzene rings is 2. The molecule has 1 aliphatic heterocycles. The molecule has 0 aromatic heterocycles. The van der Waals surface area contributed by atoms with E-state index in [0.717, 1.165) is 30.0 Å². The van der Waals surface area contributed by atoms with E-state index in [1.807, 2.05) is 24.3 Å². The largest absolute Gasteiger partial charge is 0.487 e. The van der Waals surface area contributed by atoms with Crippen LogP contribution in [0.5, 0.6) is 5.75 Å². The molecule has 24 heavy (non-hydrogen) atoms. The van der Waals surface area contributed by atoms with Crippen LogP contribution in [-0.2, 0) is 13.0 Å². The molecule has 2 aromatic carbocycles. The van der Waals surface area contributed by atoms with E-state index in [1.54, 1.807) is 0 Å². The molecule has 0 amide bonds. The first kappa shape index (κ1) is 16.8. The standard InChI is InChI=1S/C21H28N2O/c1-17-7-5-6-13-23(17)14-12-18-10-11-21(20(22)15-18)24-16-19-8-3-2-4-9-19/h2-4,8-11,15,17H,5-7,12-14,16,22H2,1H3. The van der Waals surface area contributed by atoms with E-state index in [-0.39, 0.29) is 0 Å². The molecule has 3 rings (SSSR count). The number of rotatable bonds is 6. The summed E-state index contributed by atoms with van der Waals surface area (Å²) in [5.41, 5.74) is 9.36. The molecular weight excluding hydrogens is 296 g/mol. The summed E-state index contributed by atoms with van der Waals surface area (Å²) >= 11 is 0. The molecule has 1 aliphatic rings. The summed E-state index contributed by atoms with van der Waals surface area (Å²) in [6.07, 6.45) is 5.08. The number of anilines is 1. The molecule has 128 valence electrons. The fourth-order valence-corrected chi connectivity index (χ4v) is 3.38. The molecule has 3 heteroatoms. The third-order valence-corrected chi connectivity index (χ3v) is 4.94. The minimum absolute atomic E-state index is 0.551. The highest BCUT2D eigenvalue weighted by atomic mass is 16.5. The Bertz CT molecular complexity index is 642. The van der Waals surface area contributed by atoms with Crippen molar-refractivity contribution in [1.29, 1.82) is 0 Å². The third kappa shape index (κ3) is 4.51. The van der Waals surface area contributed by atoms with Gasteiger partial charge in [0.1, 0.15) is 12.4 Å². The van der Waals surface area contributed by atoms with Crippen molar-refractivity contribution in [1.82, 2.24) is 4.90 Å². The maximum atomic E-state index is 6.18. The Kier molecular flexibility index (Phi) is 5.76. The van der Waals surface area contributed by atoms with Gasteiger partial charge in [-0.25, -0.2) is 0 Å². The average molecular weight is 324 g/mol. The molecule has 0 spiro atoms. The van der Waals surface area contributed by atoms with Crippen molar-refractivity contribution < 1.29 is 4.74 Å². The van der Waals surface area contributed by atoms with E-state index >= 15 is 0 Å².